The summed E-state index contributed by atoms with van der Waals surface area (Å²) in [6, 6.07) is 0.858. The topological polar surface area (TPSA) is 26.7 Å². The number of aliphatic hydroxyl groups excluding tert-OH is 1. The van der Waals surface area contributed by atoms with Gasteiger partial charge in [-0.15, -0.1) is 0 Å². The van der Waals surface area contributed by atoms with Gasteiger partial charge in [0.05, 0.1) is 6.61 Å². The Bertz CT molecular complexity index is 190. The first-order valence-electron chi connectivity index (χ1n) is 6.37. The quantitative estimate of drug-likeness (QED) is 0.749. The first-order valence-corrected chi connectivity index (χ1v) is 6.37. The Labute approximate surface area is 93.1 Å². The molecule has 0 aromatic carbocycles. The fourth-order valence-corrected chi connectivity index (χ4v) is 3.00. The molecule has 2 rings (SSSR count). The summed E-state index contributed by atoms with van der Waals surface area (Å²) >= 11 is 0. The summed E-state index contributed by atoms with van der Waals surface area (Å²) in [4.78, 5) is 5.03. The standard InChI is InChI=1S/C12H24N2O/c1-11-2-3-12(10-11)14-6-4-13(5-7-14)8-9-15/h11-12,15H,2-10H2,1H3. The summed E-state index contributed by atoms with van der Waals surface area (Å²) in [6.45, 7) is 8.24. The van der Waals surface area contributed by atoms with Crippen LogP contribution in [0.1, 0.15) is 26.2 Å². The van der Waals surface area contributed by atoms with Crippen LogP contribution in [-0.4, -0.2) is 60.3 Å². The third-order valence-electron chi connectivity index (χ3n) is 4.01. The van der Waals surface area contributed by atoms with Crippen LogP contribution in [0.25, 0.3) is 0 Å². The van der Waals surface area contributed by atoms with E-state index in [1.165, 1.54) is 32.4 Å². The maximum Gasteiger partial charge on any atom is 0.0558 e. The molecule has 3 nitrogen and oxygen atoms in total. The Balaban J connectivity index is 1.73. The van der Waals surface area contributed by atoms with Gasteiger partial charge >= 0.3 is 0 Å². The van der Waals surface area contributed by atoms with Crippen LogP contribution >= 0.6 is 0 Å². The molecule has 1 N–H and O–H groups in total. The molecule has 2 unspecified atom stereocenters. The van der Waals surface area contributed by atoms with Crippen molar-refractivity contribution in [1.82, 2.24) is 9.80 Å². The van der Waals surface area contributed by atoms with Gasteiger partial charge in [-0.2, -0.15) is 0 Å². The predicted molar refractivity (Wildman–Crippen MR) is 61.9 cm³/mol. The van der Waals surface area contributed by atoms with Gasteiger partial charge in [0.2, 0.25) is 0 Å². The molecule has 1 heterocycles. The van der Waals surface area contributed by atoms with Crippen molar-refractivity contribution in [2.45, 2.75) is 32.2 Å². The van der Waals surface area contributed by atoms with Gasteiger partial charge < -0.3 is 5.11 Å². The molecule has 1 aliphatic heterocycles. The molecule has 0 aromatic rings. The second-order valence-electron chi connectivity index (χ2n) is 5.17. The minimum atomic E-state index is 0.306. The lowest BCUT2D eigenvalue weighted by Gasteiger charge is -2.37. The number of aliphatic hydroxyl groups is 1. The number of piperazine rings is 1. The van der Waals surface area contributed by atoms with E-state index < -0.39 is 0 Å². The maximum atomic E-state index is 8.88. The monoisotopic (exact) mass is 212 g/mol. The molecule has 1 saturated carbocycles. The molecular formula is C12H24N2O. The fraction of sp³-hybridized carbons (Fsp3) is 1.00. The number of hydrogen-bond donors (Lipinski definition) is 1. The molecule has 0 aromatic heterocycles. The minimum Gasteiger partial charge on any atom is -0.395 e. The third-order valence-corrected chi connectivity index (χ3v) is 4.01. The van der Waals surface area contributed by atoms with Crippen molar-refractivity contribution in [3.05, 3.63) is 0 Å². The number of nitrogens with zero attached hydrogens (tertiary/aromatic N) is 2. The number of hydrogen-bond acceptors (Lipinski definition) is 3. The van der Waals surface area contributed by atoms with E-state index in [1.807, 2.05) is 0 Å². The second-order valence-corrected chi connectivity index (χ2v) is 5.17. The van der Waals surface area contributed by atoms with Crippen LogP contribution in [0.3, 0.4) is 0 Å². The Morgan fingerprint density at radius 1 is 1.13 bits per heavy atom. The van der Waals surface area contributed by atoms with Crippen LogP contribution in [0.15, 0.2) is 0 Å². The molecule has 88 valence electrons. The summed E-state index contributed by atoms with van der Waals surface area (Å²) in [6.07, 6.45) is 4.22. The first-order chi connectivity index (χ1) is 7.29. The van der Waals surface area contributed by atoms with E-state index in [0.29, 0.717) is 6.61 Å². The highest BCUT2D eigenvalue weighted by atomic mass is 16.3. The fourth-order valence-electron chi connectivity index (χ4n) is 3.00. The normalized spacial score (nSPS) is 34.8. The molecule has 15 heavy (non-hydrogen) atoms. The summed E-state index contributed by atoms with van der Waals surface area (Å²) in [5, 5.41) is 8.88. The largest absolute Gasteiger partial charge is 0.395 e. The van der Waals surface area contributed by atoms with Crippen molar-refractivity contribution in [3.8, 4) is 0 Å². The highest BCUT2D eigenvalue weighted by molar-refractivity contribution is 4.84. The number of β-amino-alcohol motifs (C(OH)–C–C–N with tert-alkyl or cyclic N) is 1. The molecule has 0 bridgehead atoms. The van der Waals surface area contributed by atoms with Crippen LogP contribution < -0.4 is 0 Å². The molecule has 1 saturated heterocycles. The third kappa shape index (κ3) is 2.92. The lowest BCUT2D eigenvalue weighted by molar-refractivity contribution is 0.0843. The average molecular weight is 212 g/mol. The minimum absolute atomic E-state index is 0.306. The predicted octanol–water partition coefficient (Wildman–Crippen LogP) is 0.785. The van der Waals surface area contributed by atoms with Gasteiger partial charge in [-0.3, -0.25) is 9.80 Å². The van der Waals surface area contributed by atoms with Crippen molar-refractivity contribution in [2.24, 2.45) is 5.92 Å². The highest BCUT2D eigenvalue weighted by Crippen LogP contribution is 2.29. The van der Waals surface area contributed by atoms with Crippen LogP contribution in [0.4, 0.5) is 0 Å². The van der Waals surface area contributed by atoms with Crippen molar-refractivity contribution in [1.29, 1.82) is 0 Å². The highest BCUT2D eigenvalue weighted by Gasteiger charge is 2.28. The molecule has 0 radical (unpaired) electrons. The van der Waals surface area contributed by atoms with Gasteiger partial charge in [0.25, 0.3) is 0 Å². The first kappa shape index (κ1) is 11.4. The van der Waals surface area contributed by atoms with E-state index in [2.05, 4.69) is 16.7 Å². The lowest BCUT2D eigenvalue weighted by Crippen LogP contribution is -2.50. The molecule has 3 heteroatoms. The summed E-state index contributed by atoms with van der Waals surface area (Å²) in [7, 11) is 0. The SMILES string of the molecule is CC1CCC(N2CCN(CCO)CC2)C1. The zero-order valence-electron chi connectivity index (χ0n) is 9.86. The molecule has 2 atom stereocenters. The molecule has 0 amide bonds. The molecular weight excluding hydrogens is 188 g/mol. The summed E-state index contributed by atoms with van der Waals surface area (Å²) in [5.41, 5.74) is 0. The summed E-state index contributed by atoms with van der Waals surface area (Å²) < 4.78 is 0. The Kier molecular flexibility index (Phi) is 4.00. The van der Waals surface area contributed by atoms with Crippen molar-refractivity contribution in [3.63, 3.8) is 0 Å². The zero-order valence-corrected chi connectivity index (χ0v) is 9.86. The Morgan fingerprint density at radius 3 is 2.40 bits per heavy atom. The van der Waals surface area contributed by atoms with Gasteiger partial charge in [0.15, 0.2) is 0 Å². The van der Waals surface area contributed by atoms with Crippen LogP contribution in [0, 0.1) is 5.92 Å². The van der Waals surface area contributed by atoms with Crippen molar-refractivity contribution >= 4 is 0 Å². The van der Waals surface area contributed by atoms with Crippen molar-refractivity contribution in [2.75, 3.05) is 39.3 Å². The second kappa shape index (κ2) is 5.28. The Morgan fingerprint density at radius 2 is 1.87 bits per heavy atom. The van der Waals surface area contributed by atoms with E-state index >= 15 is 0 Å². The van der Waals surface area contributed by atoms with E-state index in [4.69, 9.17) is 5.11 Å². The van der Waals surface area contributed by atoms with Crippen LogP contribution in [0.5, 0.6) is 0 Å². The van der Waals surface area contributed by atoms with E-state index in [-0.39, 0.29) is 0 Å². The van der Waals surface area contributed by atoms with E-state index in [0.717, 1.165) is 31.6 Å². The molecule has 2 fully saturated rings. The maximum absolute atomic E-state index is 8.88. The van der Waals surface area contributed by atoms with Gasteiger partial charge in [-0.25, -0.2) is 0 Å². The lowest BCUT2D eigenvalue weighted by atomic mass is 10.1. The van der Waals surface area contributed by atoms with Crippen molar-refractivity contribution < 1.29 is 5.11 Å². The zero-order chi connectivity index (χ0) is 10.7. The molecule has 2 aliphatic rings. The van der Waals surface area contributed by atoms with Gasteiger partial charge in [-0.1, -0.05) is 6.92 Å². The average Bonchev–Trinajstić information content (AvgIpc) is 2.67. The molecule has 0 spiro atoms. The van der Waals surface area contributed by atoms with Crippen LogP contribution in [0.2, 0.25) is 0 Å². The smallest absolute Gasteiger partial charge is 0.0558 e. The molecule has 1 aliphatic carbocycles. The Hall–Kier alpha value is -0.120. The van der Waals surface area contributed by atoms with E-state index in [9.17, 15) is 0 Å². The number of rotatable bonds is 3. The van der Waals surface area contributed by atoms with Gasteiger partial charge in [0.1, 0.15) is 0 Å². The van der Waals surface area contributed by atoms with Crippen LogP contribution in [-0.2, 0) is 0 Å². The summed E-state index contributed by atoms with van der Waals surface area (Å²) in [5.74, 6) is 0.936. The van der Waals surface area contributed by atoms with Gasteiger partial charge in [0, 0.05) is 38.8 Å². The van der Waals surface area contributed by atoms with E-state index in [1.54, 1.807) is 0 Å². The van der Waals surface area contributed by atoms with Gasteiger partial charge in [-0.05, 0) is 25.2 Å².